The van der Waals surface area contributed by atoms with Gasteiger partial charge in [-0.3, -0.25) is 4.79 Å². The minimum absolute atomic E-state index is 0.00592. The van der Waals surface area contributed by atoms with E-state index in [1.165, 1.54) is 24.3 Å². The van der Waals surface area contributed by atoms with E-state index in [0.717, 1.165) is 16.7 Å². The number of anilines is 1. The number of nitrogens with two attached hydrogens (primary N) is 1. The first-order valence-corrected chi connectivity index (χ1v) is 13.3. The maximum Gasteiger partial charge on any atom is 0.281 e. The monoisotopic (exact) mass is 532 g/mol. The molecule has 3 aromatic heterocycles. The normalized spacial score (nSPS) is 11.4. The number of carbonyl (C=O) groups is 1. The Hall–Kier alpha value is -4.38. The summed E-state index contributed by atoms with van der Waals surface area (Å²) in [4.78, 5) is 30.4. The summed E-state index contributed by atoms with van der Waals surface area (Å²) < 4.78 is 33.9. The number of pyridine rings is 2. The molecule has 0 unspecified atom stereocenters. The second-order valence-corrected chi connectivity index (χ2v) is 10.8. The Morgan fingerprint density at radius 1 is 0.974 bits per heavy atom. The molecule has 1 amide bonds. The van der Waals surface area contributed by atoms with Crippen LogP contribution in [0.4, 0.5) is 5.82 Å². The van der Waals surface area contributed by atoms with Crippen LogP contribution in [0.15, 0.2) is 59.9 Å². The standard InChI is InChI=1S/C27H28N6O4S/c1-15(2)25-29-13-19(14-30-25)21-10-9-20(26(34)33-38(35,36)23-8-6-7-22(28)32-23)27(31-21)37-24-17(4)11-16(3)12-18(24)5/h6-15H,1-5H3,(H2,28,32)(H,33,34). The average Bonchev–Trinajstić information content (AvgIpc) is 2.86. The summed E-state index contributed by atoms with van der Waals surface area (Å²) in [6.45, 7) is 9.72. The lowest BCUT2D eigenvalue weighted by Gasteiger charge is -2.16. The van der Waals surface area contributed by atoms with Crippen LogP contribution in [0.2, 0.25) is 0 Å². The fourth-order valence-electron chi connectivity index (χ4n) is 3.85. The number of sulfonamides is 1. The summed E-state index contributed by atoms with van der Waals surface area (Å²) >= 11 is 0. The van der Waals surface area contributed by atoms with Gasteiger partial charge in [0.1, 0.15) is 23.0 Å². The number of amides is 1. The van der Waals surface area contributed by atoms with Crippen LogP contribution in [0, 0.1) is 20.8 Å². The van der Waals surface area contributed by atoms with Gasteiger partial charge in [0.25, 0.3) is 15.9 Å². The van der Waals surface area contributed by atoms with Gasteiger partial charge in [-0.1, -0.05) is 37.6 Å². The molecule has 0 aliphatic heterocycles. The molecule has 0 spiro atoms. The van der Waals surface area contributed by atoms with E-state index >= 15 is 0 Å². The molecular weight excluding hydrogens is 504 g/mol. The maximum atomic E-state index is 13.2. The Labute approximate surface area is 221 Å². The van der Waals surface area contributed by atoms with Gasteiger partial charge in [-0.2, -0.15) is 8.42 Å². The molecule has 3 N–H and O–H groups in total. The summed E-state index contributed by atoms with van der Waals surface area (Å²) in [5.41, 5.74) is 9.32. The van der Waals surface area contributed by atoms with Gasteiger partial charge in [-0.15, -0.1) is 0 Å². The number of benzene rings is 1. The third-order valence-electron chi connectivity index (χ3n) is 5.64. The van der Waals surface area contributed by atoms with E-state index in [2.05, 4.69) is 19.9 Å². The first-order valence-electron chi connectivity index (χ1n) is 11.8. The molecule has 0 saturated carbocycles. The minimum Gasteiger partial charge on any atom is -0.438 e. The van der Waals surface area contributed by atoms with E-state index < -0.39 is 15.9 Å². The lowest BCUT2D eigenvalue weighted by atomic mass is 10.1. The molecule has 0 bridgehead atoms. The average molecular weight is 533 g/mol. The van der Waals surface area contributed by atoms with Crippen molar-refractivity contribution in [1.29, 1.82) is 0 Å². The number of aryl methyl sites for hydroxylation is 3. The molecule has 4 aromatic rings. The van der Waals surface area contributed by atoms with Crippen molar-refractivity contribution in [3.05, 3.63) is 82.9 Å². The highest BCUT2D eigenvalue weighted by Crippen LogP contribution is 2.32. The summed E-state index contributed by atoms with van der Waals surface area (Å²) in [7, 11) is -4.31. The van der Waals surface area contributed by atoms with Gasteiger partial charge in [0, 0.05) is 23.9 Å². The van der Waals surface area contributed by atoms with E-state index in [1.807, 2.05) is 51.5 Å². The molecule has 3 heterocycles. The number of nitrogens with one attached hydrogen (secondary N) is 1. The van der Waals surface area contributed by atoms with Gasteiger partial charge >= 0.3 is 0 Å². The summed E-state index contributed by atoms with van der Waals surface area (Å²) in [5, 5.41) is -0.384. The molecule has 0 atom stereocenters. The Bertz CT molecular complexity index is 1600. The molecule has 0 aliphatic rings. The van der Waals surface area contributed by atoms with Crippen molar-refractivity contribution in [1.82, 2.24) is 24.7 Å². The van der Waals surface area contributed by atoms with Crippen LogP contribution >= 0.6 is 0 Å². The highest BCUT2D eigenvalue weighted by Gasteiger charge is 2.25. The number of hydrogen-bond donors (Lipinski definition) is 2. The Morgan fingerprint density at radius 2 is 1.63 bits per heavy atom. The predicted molar refractivity (Wildman–Crippen MR) is 143 cm³/mol. The number of ether oxygens (including phenoxy) is 1. The zero-order chi connectivity index (χ0) is 27.6. The van der Waals surface area contributed by atoms with Crippen molar-refractivity contribution < 1.29 is 17.9 Å². The number of aromatic nitrogens is 4. The van der Waals surface area contributed by atoms with Gasteiger partial charge in [0.2, 0.25) is 5.88 Å². The molecule has 196 valence electrons. The van der Waals surface area contributed by atoms with Crippen LogP contribution < -0.4 is 15.2 Å². The molecule has 38 heavy (non-hydrogen) atoms. The van der Waals surface area contributed by atoms with Crippen molar-refractivity contribution in [2.75, 3.05) is 5.73 Å². The van der Waals surface area contributed by atoms with Crippen molar-refractivity contribution in [3.8, 4) is 22.9 Å². The van der Waals surface area contributed by atoms with Gasteiger partial charge < -0.3 is 10.5 Å². The van der Waals surface area contributed by atoms with E-state index in [0.29, 0.717) is 22.8 Å². The second-order valence-electron chi connectivity index (χ2n) is 9.20. The number of nitrogen functional groups attached to an aromatic ring is 1. The molecule has 0 fully saturated rings. The number of hydrogen-bond acceptors (Lipinski definition) is 9. The number of carbonyl (C=O) groups excluding carboxylic acids is 1. The molecule has 0 aliphatic carbocycles. The molecule has 4 rings (SSSR count). The molecule has 0 radical (unpaired) electrons. The van der Waals surface area contributed by atoms with Gasteiger partial charge in [0.15, 0.2) is 5.03 Å². The molecule has 0 saturated heterocycles. The van der Waals surface area contributed by atoms with Gasteiger partial charge in [-0.05, 0) is 56.2 Å². The van der Waals surface area contributed by atoms with Crippen LogP contribution in [0.25, 0.3) is 11.3 Å². The predicted octanol–water partition coefficient (Wildman–Crippen LogP) is 4.48. The first-order chi connectivity index (χ1) is 17.9. The molecule has 11 heteroatoms. The topological polar surface area (TPSA) is 150 Å². The minimum atomic E-state index is -4.31. The Morgan fingerprint density at radius 3 is 2.24 bits per heavy atom. The van der Waals surface area contributed by atoms with Crippen LogP contribution in [-0.4, -0.2) is 34.3 Å². The third kappa shape index (κ3) is 5.78. The van der Waals surface area contributed by atoms with Crippen LogP contribution in [0.1, 0.15) is 52.6 Å². The fourth-order valence-corrected chi connectivity index (χ4v) is 4.80. The van der Waals surface area contributed by atoms with Crippen LogP contribution in [0.3, 0.4) is 0 Å². The number of rotatable bonds is 7. The van der Waals surface area contributed by atoms with Crippen molar-refractivity contribution in [2.45, 2.75) is 45.6 Å². The van der Waals surface area contributed by atoms with E-state index in [4.69, 9.17) is 10.5 Å². The van der Waals surface area contributed by atoms with E-state index in [-0.39, 0.29) is 28.2 Å². The van der Waals surface area contributed by atoms with E-state index in [9.17, 15) is 13.2 Å². The highest BCUT2D eigenvalue weighted by molar-refractivity contribution is 7.90. The molecule has 1 aromatic carbocycles. The Kier molecular flexibility index (Phi) is 7.40. The zero-order valence-electron chi connectivity index (χ0n) is 21.7. The highest BCUT2D eigenvalue weighted by atomic mass is 32.2. The third-order valence-corrected chi connectivity index (χ3v) is 6.87. The SMILES string of the molecule is Cc1cc(C)c(Oc2nc(-c3cnc(C(C)C)nc3)ccc2C(=O)NS(=O)(=O)c2cccc(N)n2)c(C)c1. The lowest BCUT2D eigenvalue weighted by molar-refractivity contribution is 0.0978. The largest absolute Gasteiger partial charge is 0.438 e. The quantitative estimate of drug-likeness (QED) is 0.351. The molecular formula is C27H28N6O4S. The fraction of sp³-hybridized carbons (Fsp3) is 0.222. The van der Waals surface area contributed by atoms with Crippen molar-refractivity contribution in [3.63, 3.8) is 0 Å². The van der Waals surface area contributed by atoms with Gasteiger partial charge in [-0.25, -0.2) is 24.7 Å². The van der Waals surface area contributed by atoms with Crippen molar-refractivity contribution in [2.24, 2.45) is 0 Å². The van der Waals surface area contributed by atoms with Gasteiger partial charge in [0.05, 0.1) is 5.69 Å². The summed E-state index contributed by atoms with van der Waals surface area (Å²) in [5.74, 6) is 0.363. The zero-order valence-corrected chi connectivity index (χ0v) is 22.5. The maximum absolute atomic E-state index is 13.2. The lowest BCUT2D eigenvalue weighted by Crippen LogP contribution is -2.31. The van der Waals surface area contributed by atoms with Crippen LogP contribution in [-0.2, 0) is 10.0 Å². The summed E-state index contributed by atoms with van der Waals surface area (Å²) in [6.07, 6.45) is 3.29. The first kappa shape index (κ1) is 26.7. The van der Waals surface area contributed by atoms with Crippen molar-refractivity contribution >= 4 is 21.7 Å². The summed E-state index contributed by atoms with van der Waals surface area (Å²) in [6, 6.07) is 11.0. The van der Waals surface area contributed by atoms with E-state index in [1.54, 1.807) is 18.5 Å². The second kappa shape index (κ2) is 10.5. The smallest absolute Gasteiger partial charge is 0.281 e. The Balaban J connectivity index is 1.77. The number of nitrogens with zero attached hydrogens (tertiary/aromatic N) is 4. The molecule has 10 nitrogen and oxygen atoms in total. The van der Waals surface area contributed by atoms with Crippen LogP contribution in [0.5, 0.6) is 11.6 Å².